The molecular weight excluding hydrogens is 685 g/mol. The molecular formula is C47H41N4O4+. The summed E-state index contributed by atoms with van der Waals surface area (Å²) in [7, 11) is 3.36. The van der Waals surface area contributed by atoms with Gasteiger partial charge in [0.15, 0.2) is 5.56 Å². The Bertz CT molecular complexity index is 2660. The molecule has 8 heteroatoms. The van der Waals surface area contributed by atoms with Gasteiger partial charge in [-0.1, -0.05) is 105 Å². The summed E-state index contributed by atoms with van der Waals surface area (Å²) in [5.74, 6) is -0.327. The molecule has 3 aromatic heterocycles. The highest BCUT2D eigenvalue weighted by Crippen LogP contribution is 2.48. The fourth-order valence-corrected chi connectivity index (χ4v) is 7.81. The monoisotopic (exact) mass is 725 g/mol. The number of methoxy groups -OCH3 is 2. The van der Waals surface area contributed by atoms with E-state index >= 15 is 0 Å². The molecule has 0 saturated carbocycles. The van der Waals surface area contributed by atoms with Crippen molar-refractivity contribution in [3.05, 3.63) is 157 Å². The average Bonchev–Trinajstić information content (AvgIpc) is 4.05. The van der Waals surface area contributed by atoms with Gasteiger partial charge in [0.1, 0.15) is 16.8 Å². The van der Waals surface area contributed by atoms with E-state index in [1.807, 2.05) is 72.8 Å². The topological polar surface area (TPSA) is 97.2 Å². The first-order valence-electron chi connectivity index (χ1n) is 18.5. The summed E-state index contributed by atoms with van der Waals surface area (Å²) < 4.78 is 26.4. The van der Waals surface area contributed by atoms with E-state index in [1.54, 1.807) is 14.2 Å². The molecule has 3 N–H and O–H groups in total. The summed E-state index contributed by atoms with van der Waals surface area (Å²) in [5.41, 5.74) is 12.1. The lowest BCUT2D eigenvalue weighted by atomic mass is 9.92. The molecule has 8 bridgehead atoms. The Hall–Kier alpha value is -6.48. The van der Waals surface area contributed by atoms with E-state index in [2.05, 4.69) is 102 Å². The molecule has 2 aliphatic heterocycles. The zero-order valence-corrected chi connectivity index (χ0v) is 31.1. The molecule has 9 rings (SSSR count). The quantitative estimate of drug-likeness (QED) is 0.142. The number of ether oxygens (including phenoxy) is 4. The minimum atomic E-state index is -1.22. The maximum atomic E-state index is 7.09. The van der Waals surface area contributed by atoms with Crippen molar-refractivity contribution >= 4 is 22.1 Å². The van der Waals surface area contributed by atoms with Crippen molar-refractivity contribution in [3.63, 3.8) is 0 Å². The number of nitrogens with zero attached hydrogens (tertiary/aromatic N) is 1. The Morgan fingerprint density at radius 3 is 1.73 bits per heavy atom. The van der Waals surface area contributed by atoms with Crippen LogP contribution < -0.4 is 9.47 Å². The molecule has 2 atom stereocenters. The van der Waals surface area contributed by atoms with Crippen LogP contribution >= 0.6 is 0 Å². The van der Waals surface area contributed by atoms with Crippen LogP contribution in [0.1, 0.15) is 31.5 Å². The van der Waals surface area contributed by atoms with E-state index in [9.17, 15) is 0 Å². The van der Waals surface area contributed by atoms with E-state index in [-0.39, 0.29) is 5.92 Å². The van der Waals surface area contributed by atoms with Gasteiger partial charge in [-0.25, -0.2) is 4.98 Å². The Morgan fingerprint density at radius 1 is 0.618 bits per heavy atom. The summed E-state index contributed by atoms with van der Waals surface area (Å²) in [6.45, 7) is 4.20. The van der Waals surface area contributed by atoms with E-state index in [0.29, 0.717) is 17.5 Å². The lowest BCUT2D eigenvalue weighted by Gasteiger charge is -2.31. The predicted molar refractivity (Wildman–Crippen MR) is 218 cm³/mol. The summed E-state index contributed by atoms with van der Waals surface area (Å²) in [4.78, 5) is 16.7. The van der Waals surface area contributed by atoms with Crippen molar-refractivity contribution in [2.75, 3.05) is 14.2 Å². The van der Waals surface area contributed by atoms with Crippen molar-refractivity contribution in [3.8, 4) is 56.3 Å². The zero-order chi connectivity index (χ0) is 37.5. The summed E-state index contributed by atoms with van der Waals surface area (Å²) >= 11 is 0. The Balaban J connectivity index is 1.54. The number of benzene rings is 4. The van der Waals surface area contributed by atoms with Gasteiger partial charge in [0.05, 0.1) is 22.3 Å². The summed E-state index contributed by atoms with van der Waals surface area (Å²) in [6.07, 6.45) is -0.725. The highest BCUT2D eigenvalue weighted by atomic mass is 16.7. The van der Waals surface area contributed by atoms with Crippen molar-refractivity contribution in [2.24, 2.45) is 5.92 Å². The van der Waals surface area contributed by atoms with E-state index in [0.717, 1.165) is 72.3 Å². The van der Waals surface area contributed by atoms with Crippen LogP contribution in [0.4, 0.5) is 0 Å². The Labute approximate surface area is 319 Å². The number of aromatic nitrogens is 4. The minimum Gasteiger partial charge on any atom is -0.443 e. The standard InChI is InChI=1S/C47H41N4O4/c1-29(2)47(53-4)43-39(31-19-11-6-12-20-31)35-26-28-36(49-35)40(32-21-13-7-14-22-32)44-50-42(46(52-3)54-44)38(30-17-9-5-10-18-30)34-25-27-37(48-34)41(45(51-43)55-47)33-23-15-8-16-24-33/h5-29,46,48-50H,1-4H3/q+1/t46-,47+/m1/s1. The second kappa shape index (κ2) is 14.1. The van der Waals surface area contributed by atoms with Crippen molar-refractivity contribution in [2.45, 2.75) is 25.9 Å². The van der Waals surface area contributed by atoms with Gasteiger partial charge in [-0.3, -0.25) is 0 Å². The second-order valence-electron chi connectivity index (χ2n) is 14.0. The van der Waals surface area contributed by atoms with Gasteiger partial charge < -0.3 is 33.9 Å². The fourth-order valence-electron chi connectivity index (χ4n) is 7.81. The number of hydrogen-bond acceptors (Lipinski definition) is 5. The van der Waals surface area contributed by atoms with Crippen LogP contribution in [0.2, 0.25) is 0 Å². The van der Waals surface area contributed by atoms with Crippen molar-refractivity contribution < 1.29 is 18.9 Å². The van der Waals surface area contributed by atoms with Gasteiger partial charge in [0, 0.05) is 61.0 Å². The number of fused-ring (bicyclic) bond motifs is 8. The number of nitrogens with one attached hydrogen (secondary N) is 3. The van der Waals surface area contributed by atoms with Gasteiger partial charge in [-0.05, 0) is 47.0 Å². The molecule has 272 valence electrons. The normalized spacial score (nSPS) is 16.5. The largest absolute Gasteiger partial charge is 0.443 e. The smallest absolute Gasteiger partial charge is 0.273 e. The van der Waals surface area contributed by atoms with Crippen LogP contribution in [0.15, 0.2) is 146 Å². The highest BCUT2D eigenvalue weighted by Gasteiger charge is 2.48. The molecule has 7 aromatic rings. The molecule has 0 fully saturated rings. The van der Waals surface area contributed by atoms with Crippen LogP contribution in [-0.4, -0.2) is 34.2 Å². The predicted octanol–water partition coefficient (Wildman–Crippen LogP) is 11.5. The number of rotatable bonds is 7. The third kappa shape index (κ3) is 5.87. The number of aromatic amines is 3. The number of hydrogen-bond donors (Lipinski definition) is 3. The van der Waals surface area contributed by atoms with E-state index in [1.165, 1.54) is 0 Å². The first-order chi connectivity index (χ1) is 27.0. The number of H-pyrrole nitrogens is 3. The molecule has 55 heavy (non-hydrogen) atoms. The van der Waals surface area contributed by atoms with Gasteiger partial charge >= 0.3 is 0 Å². The minimum absolute atomic E-state index is 0.129. The van der Waals surface area contributed by atoms with E-state index < -0.39 is 12.1 Å². The molecule has 0 amide bonds. The maximum Gasteiger partial charge on any atom is 0.273 e. The van der Waals surface area contributed by atoms with Crippen molar-refractivity contribution in [1.82, 2.24) is 19.9 Å². The molecule has 0 unspecified atom stereocenters. The second-order valence-corrected chi connectivity index (χ2v) is 14.0. The van der Waals surface area contributed by atoms with Crippen LogP contribution in [0.3, 0.4) is 0 Å². The van der Waals surface area contributed by atoms with Crippen LogP contribution in [0, 0.1) is 5.92 Å². The van der Waals surface area contributed by atoms with Crippen LogP contribution in [0.25, 0.3) is 66.6 Å². The molecule has 0 spiro atoms. The molecule has 0 saturated heterocycles. The van der Waals surface area contributed by atoms with Gasteiger partial charge in [-0.2, -0.15) is 0 Å². The fraction of sp³-hybridized carbons (Fsp3) is 0.149. The molecule has 5 heterocycles. The average molecular weight is 726 g/mol. The summed E-state index contributed by atoms with van der Waals surface area (Å²) in [6, 6.07) is 49.3. The van der Waals surface area contributed by atoms with Gasteiger partial charge in [-0.15, -0.1) is 0 Å². The SMILES string of the molecule is CO[C@@H]1Oc2[nH]c1c(-c1ccccc1)c1ccc([nH]1)[c+](-c1ccccc1)c1nc(c(-c3ccccc3)c3ccc([nH]3)c2-c2ccccc2)[C@](OC)(C(C)C)O1. The lowest BCUT2D eigenvalue weighted by molar-refractivity contribution is -0.194. The molecule has 2 aliphatic rings. The Kier molecular flexibility index (Phi) is 8.77. The first kappa shape index (κ1) is 34.3. The van der Waals surface area contributed by atoms with Crippen molar-refractivity contribution in [1.29, 1.82) is 0 Å². The first-order valence-corrected chi connectivity index (χ1v) is 18.5. The molecule has 0 radical (unpaired) electrons. The molecule has 4 aromatic carbocycles. The van der Waals surface area contributed by atoms with Crippen LogP contribution in [-0.2, 0) is 15.3 Å². The molecule has 0 aliphatic carbocycles. The summed E-state index contributed by atoms with van der Waals surface area (Å²) in [5, 5.41) is 0. The highest BCUT2D eigenvalue weighted by molar-refractivity contribution is 5.93. The third-order valence-electron chi connectivity index (χ3n) is 10.4. The van der Waals surface area contributed by atoms with Gasteiger partial charge in [0.2, 0.25) is 12.2 Å². The van der Waals surface area contributed by atoms with Gasteiger partial charge in [0.25, 0.3) is 11.7 Å². The van der Waals surface area contributed by atoms with Crippen LogP contribution in [0.5, 0.6) is 11.8 Å². The third-order valence-corrected chi connectivity index (χ3v) is 10.4. The zero-order valence-electron chi connectivity index (χ0n) is 31.1. The molecule has 8 nitrogen and oxygen atoms in total. The maximum absolute atomic E-state index is 7.09. The Morgan fingerprint density at radius 2 is 1.15 bits per heavy atom. The lowest BCUT2D eigenvalue weighted by Crippen LogP contribution is -2.38. The van der Waals surface area contributed by atoms with E-state index in [4.69, 9.17) is 23.9 Å².